The molecule has 1 rings (SSSR count). The number of carbonyl (C=O) groups is 1. The largest absolute Gasteiger partial charge is 0.480 e. The standard InChI is InChI=1S/C10H11F2NO2/c1-5-2-3-7(11)6(9(5)12)4-8(13)10(14)15/h2-3,8H,4,13H2,1H3,(H,14,15)/t8-/m1/s1. The quantitative estimate of drug-likeness (QED) is 0.797. The van der Waals surface area contributed by atoms with Gasteiger partial charge in [0.05, 0.1) is 0 Å². The first-order valence-electron chi connectivity index (χ1n) is 4.35. The van der Waals surface area contributed by atoms with Gasteiger partial charge >= 0.3 is 5.97 Å². The molecule has 3 N–H and O–H groups in total. The highest BCUT2D eigenvalue weighted by Crippen LogP contribution is 2.17. The van der Waals surface area contributed by atoms with Gasteiger partial charge in [-0.05, 0) is 18.6 Å². The Morgan fingerprint density at radius 2 is 2.13 bits per heavy atom. The Morgan fingerprint density at radius 3 is 2.67 bits per heavy atom. The summed E-state index contributed by atoms with van der Waals surface area (Å²) in [6.07, 6.45) is -0.353. The number of carboxylic acids is 1. The average molecular weight is 215 g/mol. The van der Waals surface area contributed by atoms with Crippen molar-refractivity contribution in [2.75, 3.05) is 0 Å². The van der Waals surface area contributed by atoms with Crippen molar-refractivity contribution in [1.29, 1.82) is 0 Å². The van der Waals surface area contributed by atoms with Gasteiger partial charge in [0.1, 0.15) is 17.7 Å². The molecule has 0 aliphatic carbocycles. The highest BCUT2D eigenvalue weighted by molar-refractivity contribution is 5.73. The minimum absolute atomic E-state index is 0.268. The second-order valence-corrected chi connectivity index (χ2v) is 3.31. The van der Waals surface area contributed by atoms with Crippen molar-refractivity contribution < 1.29 is 18.7 Å². The Labute approximate surface area is 85.5 Å². The molecule has 0 unspecified atom stereocenters. The number of nitrogens with two attached hydrogens (primary N) is 1. The van der Waals surface area contributed by atoms with Gasteiger partial charge in [0, 0.05) is 12.0 Å². The molecule has 0 fully saturated rings. The SMILES string of the molecule is Cc1ccc(F)c(C[C@@H](N)C(=O)O)c1F. The van der Waals surface area contributed by atoms with E-state index in [2.05, 4.69) is 0 Å². The van der Waals surface area contributed by atoms with Crippen molar-refractivity contribution >= 4 is 5.97 Å². The Kier molecular flexibility index (Phi) is 3.36. The van der Waals surface area contributed by atoms with E-state index in [1.807, 2.05) is 0 Å². The Hall–Kier alpha value is -1.49. The summed E-state index contributed by atoms with van der Waals surface area (Å²) in [5.41, 5.74) is 5.20. The van der Waals surface area contributed by atoms with Crippen LogP contribution in [0.4, 0.5) is 8.78 Å². The van der Waals surface area contributed by atoms with Gasteiger partial charge < -0.3 is 10.8 Å². The summed E-state index contributed by atoms with van der Waals surface area (Å²) in [4.78, 5) is 10.4. The number of hydrogen-bond acceptors (Lipinski definition) is 2. The van der Waals surface area contributed by atoms with Crippen LogP contribution in [-0.2, 0) is 11.2 Å². The van der Waals surface area contributed by atoms with Crippen LogP contribution in [0.1, 0.15) is 11.1 Å². The molecule has 0 amide bonds. The van der Waals surface area contributed by atoms with Crippen molar-refractivity contribution in [2.45, 2.75) is 19.4 Å². The lowest BCUT2D eigenvalue weighted by atomic mass is 10.0. The van der Waals surface area contributed by atoms with Crippen LogP contribution in [0, 0.1) is 18.6 Å². The third-order valence-electron chi connectivity index (χ3n) is 2.12. The maximum Gasteiger partial charge on any atom is 0.320 e. The number of rotatable bonds is 3. The van der Waals surface area contributed by atoms with E-state index < -0.39 is 23.6 Å². The van der Waals surface area contributed by atoms with Crippen molar-refractivity contribution in [1.82, 2.24) is 0 Å². The maximum atomic E-state index is 13.4. The van der Waals surface area contributed by atoms with E-state index in [-0.39, 0.29) is 17.5 Å². The lowest BCUT2D eigenvalue weighted by molar-refractivity contribution is -0.138. The van der Waals surface area contributed by atoms with Crippen molar-refractivity contribution in [3.05, 3.63) is 34.9 Å². The van der Waals surface area contributed by atoms with E-state index in [4.69, 9.17) is 10.8 Å². The van der Waals surface area contributed by atoms with E-state index in [1.54, 1.807) is 0 Å². The minimum Gasteiger partial charge on any atom is -0.480 e. The third kappa shape index (κ3) is 2.50. The number of aliphatic carboxylic acids is 1. The van der Waals surface area contributed by atoms with Gasteiger partial charge in [0.15, 0.2) is 0 Å². The van der Waals surface area contributed by atoms with Crippen molar-refractivity contribution in [2.24, 2.45) is 5.73 Å². The second kappa shape index (κ2) is 4.35. The van der Waals surface area contributed by atoms with Crippen LogP contribution in [0.5, 0.6) is 0 Å². The molecule has 1 aromatic rings. The minimum atomic E-state index is -1.30. The molecule has 0 saturated carbocycles. The van der Waals surface area contributed by atoms with E-state index in [9.17, 15) is 13.6 Å². The number of aryl methyl sites for hydroxylation is 1. The Morgan fingerprint density at radius 1 is 1.53 bits per heavy atom. The molecule has 15 heavy (non-hydrogen) atoms. The first kappa shape index (κ1) is 11.6. The number of halogens is 2. The Balaban J connectivity index is 3.03. The van der Waals surface area contributed by atoms with Crippen LogP contribution in [0.15, 0.2) is 12.1 Å². The van der Waals surface area contributed by atoms with Crippen LogP contribution < -0.4 is 5.73 Å². The summed E-state index contributed by atoms with van der Waals surface area (Å²) in [7, 11) is 0. The smallest absolute Gasteiger partial charge is 0.320 e. The topological polar surface area (TPSA) is 63.3 Å². The molecule has 3 nitrogen and oxygen atoms in total. The van der Waals surface area contributed by atoms with Gasteiger partial charge in [-0.25, -0.2) is 8.78 Å². The zero-order chi connectivity index (χ0) is 11.6. The van der Waals surface area contributed by atoms with Crippen molar-refractivity contribution in [3.63, 3.8) is 0 Å². The average Bonchev–Trinajstić information content (AvgIpc) is 2.18. The molecule has 5 heteroatoms. The fourth-order valence-corrected chi connectivity index (χ4v) is 1.21. The molecule has 0 aromatic heterocycles. The van der Waals surface area contributed by atoms with E-state index in [0.717, 1.165) is 6.07 Å². The third-order valence-corrected chi connectivity index (χ3v) is 2.12. The Bertz CT molecular complexity index is 393. The first-order chi connectivity index (χ1) is 6.93. The summed E-state index contributed by atoms with van der Waals surface area (Å²) in [6.45, 7) is 1.48. The molecular formula is C10H11F2NO2. The summed E-state index contributed by atoms with van der Waals surface area (Å²) >= 11 is 0. The van der Waals surface area contributed by atoms with Gasteiger partial charge in [-0.3, -0.25) is 4.79 Å². The first-order valence-corrected chi connectivity index (χ1v) is 4.35. The highest BCUT2D eigenvalue weighted by atomic mass is 19.1. The predicted octanol–water partition coefficient (Wildman–Crippen LogP) is 1.23. The normalized spacial score (nSPS) is 12.5. The maximum absolute atomic E-state index is 13.4. The lowest BCUT2D eigenvalue weighted by Gasteiger charge is -2.09. The van der Waals surface area contributed by atoms with Gasteiger partial charge in [-0.1, -0.05) is 6.07 Å². The fraction of sp³-hybridized carbons (Fsp3) is 0.300. The van der Waals surface area contributed by atoms with Crippen LogP contribution in [0.2, 0.25) is 0 Å². The predicted molar refractivity (Wildman–Crippen MR) is 50.4 cm³/mol. The van der Waals surface area contributed by atoms with Crippen LogP contribution in [0.25, 0.3) is 0 Å². The van der Waals surface area contributed by atoms with Crippen LogP contribution in [-0.4, -0.2) is 17.1 Å². The molecule has 0 radical (unpaired) electrons. The highest BCUT2D eigenvalue weighted by Gasteiger charge is 2.18. The van der Waals surface area contributed by atoms with Gasteiger partial charge in [-0.15, -0.1) is 0 Å². The fourth-order valence-electron chi connectivity index (χ4n) is 1.21. The van der Waals surface area contributed by atoms with E-state index >= 15 is 0 Å². The molecular weight excluding hydrogens is 204 g/mol. The van der Waals surface area contributed by atoms with E-state index in [1.165, 1.54) is 13.0 Å². The zero-order valence-electron chi connectivity index (χ0n) is 8.13. The molecule has 1 aromatic carbocycles. The zero-order valence-corrected chi connectivity index (χ0v) is 8.13. The molecule has 0 spiro atoms. The lowest BCUT2D eigenvalue weighted by Crippen LogP contribution is -2.33. The molecule has 1 atom stereocenters. The molecule has 0 heterocycles. The van der Waals surface area contributed by atoms with E-state index in [0.29, 0.717) is 0 Å². The van der Waals surface area contributed by atoms with Gasteiger partial charge in [0.2, 0.25) is 0 Å². The number of benzene rings is 1. The van der Waals surface area contributed by atoms with Gasteiger partial charge in [0.25, 0.3) is 0 Å². The van der Waals surface area contributed by atoms with Crippen molar-refractivity contribution in [3.8, 4) is 0 Å². The monoisotopic (exact) mass is 215 g/mol. The van der Waals surface area contributed by atoms with Crippen LogP contribution in [0.3, 0.4) is 0 Å². The second-order valence-electron chi connectivity index (χ2n) is 3.31. The summed E-state index contributed by atoms with van der Waals surface area (Å²) in [5, 5.41) is 8.52. The molecule has 0 aliphatic heterocycles. The number of hydrogen-bond donors (Lipinski definition) is 2. The summed E-state index contributed by atoms with van der Waals surface area (Å²) in [5.74, 6) is -2.78. The molecule has 0 aliphatic rings. The molecule has 82 valence electrons. The van der Waals surface area contributed by atoms with Crippen LogP contribution >= 0.6 is 0 Å². The molecule has 0 saturated heterocycles. The van der Waals surface area contributed by atoms with Gasteiger partial charge in [-0.2, -0.15) is 0 Å². The summed E-state index contributed by atoms with van der Waals surface area (Å²) in [6, 6.07) is 1.10. The number of carboxylic acid groups (broad SMARTS) is 1. The molecule has 0 bridgehead atoms. The summed E-state index contributed by atoms with van der Waals surface area (Å²) < 4.78 is 26.6.